The molecule has 0 aliphatic carbocycles. The van der Waals surface area contributed by atoms with Crippen molar-refractivity contribution < 1.29 is 45.7 Å². The summed E-state index contributed by atoms with van der Waals surface area (Å²) >= 11 is 0. The van der Waals surface area contributed by atoms with Gasteiger partial charge in [-0.15, -0.1) is 0 Å². The van der Waals surface area contributed by atoms with Crippen LogP contribution in [-0.4, -0.2) is 40.3 Å². The second-order valence-electron chi connectivity index (χ2n) is 4.29. The molecule has 1 unspecified atom stereocenters. The Kier molecular flexibility index (Phi) is 8.84. The number of likely N-dealkylation sites (tertiary alicyclic amines) is 1. The molecule has 0 aromatic carbocycles. The molecule has 0 saturated carbocycles. The van der Waals surface area contributed by atoms with Crippen molar-refractivity contribution in [2.24, 2.45) is 0 Å². The fourth-order valence-electron chi connectivity index (χ4n) is 1.90. The van der Waals surface area contributed by atoms with E-state index in [0.29, 0.717) is 6.04 Å². The minimum Gasteiger partial charge on any atom is -1.00 e. The number of Topliss-reactive ketones (excluding diaryl/α,β-unsaturated/α-hetero) is 1. The van der Waals surface area contributed by atoms with Gasteiger partial charge in [-0.05, 0) is 38.1 Å². The summed E-state index contributed by atoms with van der Waals surface area (Å²) in [6.45, 7) is 2.22. The molecule has 0 spiro atoms. The van der Waals surface area contributed by atoms with Gasteiger partial charge in [0.15, 0.2) is 0 Å². The van der Waals surface area contributed by atoms with Crippen molar-refractivity contribution in [3.05, 3.63) is 30.1 Å². The summed E-state index contributed by atoms with van der Waals surface area (Å²) in [6.07, 6.45) is 6.41. The van der Waals surface area contributed by atoms with Gasteiger partial charge in [0.05, 0.1) is 0 Å². The Labute approximate surface area is 136 Å². The Hall–Kier alpha value is -0.750. The fraction of sp³-hybridized carbons (Fsp3) is 0.462. The van der Waals surface area contributed by atoms with Crippen molar-refractivity contribution in [2.45, 2.75) is 25.8 Å². The van der Waals surface area contributed by atoms with Crippen LogP contribution in [0.2, 0.25) is 0 Å². The summed E-state index contributed by atoms with van der Waals surface area (Å²) in [5.41, 5.74) is 1.36. The molecule has 1 aromatic rings. The number of carbonyl (C=O) groups is 2. The van der Waals surface area contributed by atoms with Crippen LogP contribution in [-0.2, 0) is 9.59 Å². The maximum Gasteiger partial charge on any atom is 1.00 e. The number of hydrogen-bond acceptors (Lipinski definition) is 4. The van der Waals surface area contributed by atoms with Gasteiger partial charge in [0.2, 0.25) is 5.78 Å². The number of nitrogens with zero attached hydrogens (tertiary/aromatic N) is 2. The second-order valence-corrected chi connectivity index (χ2v) is 4.29. The van der Waals surface area contributed by atoms with Crippen LogP contribution in [0, 0.1) is 0 Å². The summed E-state index contributed by atoms with van der Waals surface area (Å²) in [5.74, 6) is -2.20. The Morgan fingerprint density at radius 3 is 2.53 bits per heavy atom. The van der Waals surface area contributed by atoms with E-state index in [0.717, 1.165) is 6.92 Å². The zero-order valence-electron chi connectivity index (χ0n) is 12.7. The van der Waals surface area contributed by atoms with Crippen LogP contribution in [0.3, 0.4) is 0 Å². The third kappa shape index (κ3) is 6.29. The number of rotatable bonds is 2. The van der Waals surface area contributed by atoms with Crippen LogP contribution in [0.15, 0.2) is 24.5 Å². The molecule has 2 rings (SSSR count). The van der Waals surface area contributed by atoms with Gasteiger partial charge in [-0.25, -0.2) is 4.79 Å². The molecule has 1 fully saturated rings. The van der Waals surface area contributed by atoms with Crippen LogP contribution in [0.25, 0.3) is 0 Å². The van der Waals surface area contributed by atoms with E-state index in [4.69, 9.17) is 5.11 Å². The zero-order valence-corrected chi connectivity index (χ0v) is 13.7. The van der Waals surface area contributed by atoms with Gasteiger partial charge in [-0.1, -0.05) is 6.07 Å². The average Bonchev–Trinajstić information content (AvgIpc) is 2.77. The first-order valence-corrected chi connectivity index (χ1v) is 5.86. The van der Waals surface area contributed by atoms with Crippen molar-refractivity contribution >= 4 is 11.8 Å². The molecule has 1 saturated heterocycles. The molecule has 0 amide bonds. The van der Waals surface area contributed by atoms with E-state index in [-0.39, 0.29) is 31.0 Å². The predicted molar refractivity (Wildman–Crippen MR) is 68.3 cm³/mol. The number of hydrogen-bond donors (Lipinski definition) is 1. The van der Waals surface area contributed by atoms with Crippen molar-refractivity contribution in [1.29, 1.82) is 0 Å². The molecular formula is C13H19N2NaO3. The monoisotopic (exact) mass is 274 g/mol. The molecule has 6 heteroatoms. The third-order valence-electron chi connectivity index (χ3n) is 2.89. The molecule has 0 radical (unpaired) electrons. The average molecular weight is 274 g/mol. The van der Waals surface area contributed by atoms with E-state index < -0.39 is 11.8 Å². The minimum atomic E-state index is -1.38. The Balaban J connectivity index is 0. The molecule has 1 atom stereocenters. The van der Waals surface area contributed by atoms with Crippen LogP contribution in [0.5, 0.6) is 0 Å². The maximum absolute atomic E-state index is 9.54. The first-order valence-electron chi connectivity index (χ1n) is 5.86. The summed E-state index contributed by atoms with van der Waals surface area (Å²) in [4.78, 5) is 25.4. The molecule has 1 N–H and O–H groups in total. The van der Waals surface area contributed by atoms with Crippen molar-refractivity contribution in [1.82, 2.24) is 9.88 Å². The van der Waals surface area contributed by atoms with Gasteiger partial charge < -0.3 is 6.53 Å². The standard InChI is InChI=1S/C10H14N2.C3H4O3.Na.H/c1-12-7-3-5-10(12)9-4-2-6-11-8-9;1-2(4)3(5)6;;/h2,4,6,8,10H,3,5,7H2,1H3;1H3,(H,5,6);;/q;;+1;-1. The number of carboxylic acids is 1. The topological polar surface area (TPSA) is 70.5 Å². The first-order chi connectivity index (χ1) is 8.52. The van der Waals surface area contributed by atoms with Crippen LogP contribution in [0.1, 0.15) is 32.8 Å². The van der Waals surface area contributed by atoms with Crippen LogP contribution < -0.4 is 29.6 Å². The molecule has 0 bridgehead atoms. The van der Waals surface area contributed by atoms with E-state index in [9.17, 15) is 9.59 Å². The molecule has 1 aliphatic heterocycles. The van der Waals surface area contributed by atoms with Gasteiger partial charge in [0, 0.05) is 25.4 Å². The first kappa shape index (κ1) is 18.2. The largest absolute Gasteiger partial charge is 1.00 e. The van der Waals surface area contributed by atoms with E-state index >= 15 is 0 Å². The van der Waals surface area contributed by atoms with Crippen molar-refractivity contribution in [3.63, 3.8) is 0 Å². The van der Waals surface area contributed by atoms with E-state index in [1.54, 1.807) is 0 Å². The van der Waals surface area contributed by atoms with Crippen molar-refractivity contribution in [3.8, 4) is 0 Å². The van der Waals surface area contributed by atoms with Gasteiger partial charge in [0.1, 0.15) is 0 Å². The van der Waals surface area contributed by atoms with Crippen molar-refractivity contribution in [2.75, 3.05) is 13.6 Å². The Bertz CT molecular complexity index is 405. The number of carbonyl (C=O) groups excluding carboxylic acids is 1. The molecule has 19 heavy (non-hydrogen) atoms. The van der Waals surface area contributed by atoms with Gasteiger partial charge in [-0.2, -0.15) is 0 Å². The summed E-state index contributed by atoms with van der Waals surface area (Å²) in [5, 5.41) is 7.64. The normalized spacial score (nSPS) is 17.9. The smallest absolute Gasteiger partial charge is 1.00 e. The summed E-state index contributed by atoms with van der Waals surface area (Å²) < 4.78 is 0. The van der Waals surface area contributed by atoms with E-state index in [1.165, 1.54) is 24.9 Å². The molecule has 1 aliphatic rings. The second kappa shape index (κ2) is 9.20. The van der Waals surface area contributed by atoms with E-state index in [1.807, 2.05) is 18.5 Å². The number of pyridine rings is 1. The summed E-state index contributed by atoms with van der Waals surface area (Å²) in [6, 6.07) is 4.79. The molecular weight excluding hydrogens is 255 g/mol. The SMILES string of the molecule is CC(=O)C(=O)O.CN1CCCC1c1cccnc1.[H-].[Na+]. The minimum absolute atomic E-state index is 0. The quantitative estimate of drug-likeness (QED) is 0.532. The van der Waals surface area contributed by atoms with Gasteiger partial charge in [-0.3, -0.25) is 14.7 Å². The third-order valence-corrected chi connectivity index (χ3v) is 2.89. The molecule has 1 aromatic heterocycles. The fourth-order valence-corrected chi connectivity index (χ4v) is 1.90. The Morgan fingerprint density at radius 2 is 2.16 bits per heavy atom. The number of ketones is 1. The molecule has 2 heterocycles. The predicted octanol–water partition coefficient (Wildman–Crippen LogP) is -1.38. The van der Waals surface area contributed by atoms with Crippen LogP contribution >= 0.6 is 0 Å². The molecule has 5 nitrogen and oxygen atoms in total. The summed E-state index contributed by atoms with van der Waals surface area (Å²) in [7, 11) is 2.19. The number of aromatic nitrogens is 1. The maximum atomic E-state index is 9.54. The van der Waals surface area contributed by atoms with Gasteiger partial charge >= 0.3 is 35.5 Å². The van der Waals surface area contributed by atoms with E-state index in [2.05, 4.69) is 23.0 Å². The molecule has 100 valence electrons. The van der Waals surface area contributed by atoms with Gasteiger partial charge in [0.25, 0.3) is 0 Å². The zero-order chi connectivity index (χ0) is 13.5. The Morgan fingerprint density at radius 1 is 1.53 bits per heavy atom. The number of carboxylic acid groups (broad SMARTS) is 1. The number of aliphatic carboxylic acids is 1. The van der Waals surface area contributed by atoms with Crippen LogP contribution in [0.4, 0.5) is 0 Å².